The van der Waals surface area contributed by atoms with Gasteiger partial charge in [0.05, 0.1) is 12.6 Å². The average molecular weight is 255 g/mol. The van der Waals surface area contributed by atoms with Crippen molar-refractivity contribution in [2.24, 2.45) is 5.73 Å². The number of aliphatic hydroxyl groups is 1. The smallest absolute Gasteiger partial charge is 0.245 e. The molecule has 0 amide bonds. The van der Waals surface area contributed by atoms with Crippen molar-refractivity contribution >= 4 is 0 Å². The Morgan fingerprint density at radius 2 is 2.28 bits per heavy atom. The van der Waals surface area contributed by atoms with Gasteiger partial charge in [-0.2, -0.15) is 4.98 Å². The van der Waals surface area contributed by atoms with Crippen molar-refractivity contribution in [2.75, 3.05) is 40.3 Å². The molecule has 0 spiro atoms. The number of nitrogens with zero attached hydrogens (tertiary/aromatic N) is 4. The van der Waals surface area contributed by atoms with E-state index in [1.165, 1.54) is 0 Å². The summed E-state index contributed by atoms with van der Waals surface area (Å²) in [6.45, 7) is 2.75. The number of nitrogens with two attached hydrogens (primary N) is 1. The fourth-order valence-corrected chi connectivity index (χ4v) is 2.16. The first-order valence-electron chi connectivity index (χ1n) is 6.20. The van der Waals surface area contributed by atoms with Crippen LogP contribution in [0.5, 0.6) is 0 Å². The normalized spacial score (nSPS) is 25.0. The Hall–Kier alpha value is -1.02. The van der Waals surface area contributed by atoms with Crippen LogP contribution < -0.4 is 5.73 Å². The second kappa shape index (κ2) is 5.75. The van der Waals surface area contributed by atoms with E-state index in [-0.39, 0.29) is 12.6 Å². The van der Waals surface area contributed by atoms with E-state index in [1.54, 1.807) is 0 Å². The molecule has 1 fully saturated rings. The molecule has 0 saturated carbocycles. The predicted octanol–water partition coefficient (Wildman–Crippen LogP) is -0.630. The third kappa shape index (κ3) is 2.86. The van der Waals surface area contributed by atoms with Crippen molar-refractivity contribution in [2.45, 2.75) is 18.5 Å². The van der Waals surface area contributed by atoms with Crippen molar-refractivity contribution in [3.8, 4) is 0 Å². The quantitative estimate of drug-likeness (QED) is 0.743. The fourth-order valence-electron chi connectivity index (χ4n) is 2.16. The molecule has 0 aliphatic carbocycles. The zero-order valence-electron chi connectivity index (χ0n) is 10.9. The van der Waals surface area contributed by atoms with Crippen LogP contribution in [-0.2, 0) is 0 Å². The minimum Gasteiger partial charge on any atom is -0.394 e. The molecule has 2 rings (SSSR count). The molecule has 1 aliphatic rings. The maximum atomic E-state index is 8.98. The van der Waals surface area contributed by atoms with Crippen LogP contribution in [0.3, 0.4) is 0 Å². The second-order valence-electron chi connectivity index (χ2n) is 4.89. The number of hydrogen-bond donors (Lipinski definition) is 2. The molecular weight excluding hydrogens is 234 g/mol. The van der Waals surface area contributed by atoms with E-state index in [9.17, 15) is 0 Å². The molecule has 1 aliphatic heterocycles. The molecule has 7 heteroatoms. The zero-order chi connectivity index (χ0) is 13.1. The minimum absolute atomic E-state index is 0.112. The van der Waals surface area contributed by atoms with Crippen LogP contribution in [0.1, 0.15) is 30.2 Å². The summed E-state index contributed by atoms with van der Waals surface area (Å²) < 4.78 is 5.10. The van der Waals surface area contributed by atoms with E-state index in [0.717, 1.165) is 26.1 Å². The Labute approximate surface area is 107 Å². The van der Waals surface area contributed by atoms with Gasteiger partial charge in [0.15, 0.2) is 5.82 Å². The lowest BCUT2D eigenvalue weighted by molar-refractivity contribution is 0.212. The monoisotopic (exact) mass is 255 g/mol. The predicted molar refractivity (Wildman–Crippen MR) is 65.8 cm³/mol. The Balaban J connectivity index is 2.15. The molecule has 0 bridgehead atoms. The first kappa shape index (κ1) is 13.4. The zero-order valence-corrected chi connectivity index (χ0v) is 10.9. The largest absolute Gasteiger partial charge is 0.394 e. The Morgan fingerprint density at radius 3 is 3.00 bits per heavy atom. The average Bonchev–Trinajstić information content (AvgIpc) is 2.77. The SMILES string of the molecule is CN1CCCN(C)C(c2noc([C@H](N)CO)n2)C1. The van der Waals surface area contributed by atoms with Gasteiger partial charge < -0.3 is 20.3 Å². The highest BCUT2D eigenvalue weighted by atomic mass is 16.5. The summed E-state index contributed by atoms with van der Waals surface area (Å²) in [6, 6.07) is -0.485. The molecule has 102 valence electrons. The van der Waals surface area contributed by atoms with Gasteiger partial charge in [-0.25, -0.2) is 0 Å². The second-order valence-corrected chi connectivity index (χ2v) is 4.89. The lowest BCUT2D eigenvalue weighted by atomic mass is 10.2. The van der Waals surface area contributed by atoms with Gasteiger partial charge in [0, 0.05) is 6.54 Å². The maximum absolute atomic E-state index is 8.98. The van der Waals surface area contributed by atoms with Crippen LogP contribution in [0.2, 0.25) is 0 Å². The number of aliphatic hydroxyl groups excluding tert-OH is 1. The van der Waals surface area contributed by atoms with Crippen molar-refractivity contribution in [1.29, 1.82) is 0 Å². The molecule has 1 unspecified atom stereocenters. The summed E-state index contributed by atoms with van der Waals surface area (Å²) in [4.78, 5) is 8.78. The van der Waals surface area contributed by atoms with Crippen molar-refractivity contribution < 1.29 is 9.63 Å². The maximum Gasteiger partial charge on any atom is 0.245 e. The number of hydrogen-bond acceptors (Lipinski definition) is 7. The highest BCUT2D eigenvalue weighted by Crippen LogP contribution is 2.21. The summed E-state index contributed by atoms with van der Waals surface area (Å²) in [5.41, 5.74) is 5.66. The molecule has 0 radical (unpaired) electrons. The van der Waals surface area contributed by atoms with E-state index in [4.69, 9.17) is 15.4 Å². The first-order chi connectivity index (χ1) is 8.61. The van der Waals surface area contributed by atoms with Crippen molar-refractivity contribution in [3.05, 3.63) is 11.7 Å². The molecule has 2 heterocycles. The van der Waals surface area contributed by atoms with Gasteiger partial charge >= 0.3 is 0 Å². The molecule has 7 nitrogen and oxygen atoms in total. The van der Waals surface area contributed by atoms with Gasteiger partial charge in [0.1, 0.15) is 6.04 Å². The topological polar surface area (TPSA) is 91.7 Å². The number of likely N-dealkylation sites (N-methyl/N-ethyl adjacent to an activating group) is 2. The molecule has 18 heavy (non-hydrogen) atoms. The summed E-state index contributed by atoms with van der Waals surface area (Å²) in [6.07, 6.45) is 1.13. The lowest BCUT2D eigenvalue weighted by Crippen LogP contribution is -2.31. The molecule has 3 N–H and O–H groups in total. The fraction of sp³-hybridized carbons (Fsp3) is 0.818. The van der Waals surface area contributed by atoms with Crippen LogP contribution in [0.15, 0.2) is 4.52 Å². The summed E-state index contributed by atoms with van der Waals surface area (Å²) in [5, 5.41) is 13.0. The first-order valence-corrected chi connectivity index (χ1v) is 6.20. The van der Waals surface area contributed by atoms with Gasteiger partial charge in [-0.3, -0.25) is 4.90 Å². The number of rotatable bonds is 3. The van der Waals surface area contributed by atoms with Crippen LogP contribution >= 0.6 is 0 Å². The highest BCUT2D eigenvalue weighted by Gasteiger charge is 2.27. The van der Waals surface area contributed by atoms with Crippen molar-refractivity contribution in [3.63, 3.8) is 0 Å². The summed E-state index contributed by atoms with van der Waals surface area (Å²) >= 11 is 0. The molecule has 1 aromatic rings. The highest BCUT2D eigenvalue weighted by molar-refractivity contribution is 4.99. The van der Waals surface area contributed by atoms with Gasteiger partial charge in [-0.15, -0.1) is 0 Å². The van der Waals surface area contributed by atoms with Gasteiger partial charge in [0.2, 0.25) is 5.89 Å². The standard InChI is InChI=1S/C11H21N5O2/c1-15-4-3-5-16(2)9(6-15)10-13-11(18-14-10)8(12)7-17/h8-9,17H,3-7,12H2,1-2H3/t8-,9?/m1/s1. The van der Waals surface area contributed by atoms with E-state index in [0.29, 0.717) is 11.7 Å². The van der Waals surface area contributed by atoms with E-state index < -0.39 is 6.04 Å². The molecule has 2 atom stereocenters. The number of aromatic nitrogens is 2. The minimum atomic E-state index is -0.597. The van der Waals surface area contributed by atoms with E-state index in [2.05, 4.69) is 34.0 Å². The Bertz CT molecular complexity index is 383. The van der Waals surface area contributed by atoms with Crippen molar-refractivity contribution in [1.82, 2.24) is 19.9 Å². The van der Waals surface area contributed by atoms with Crippen LogP contribution in [-0.4, -0.2) is 65.4 Å². The van der Waals surface area contributed by atoms with E-state index >= 15 is 0 Å². The van der Waals surface area contributed by atoms with Crippen LogP contribution in [0.25, 0.3) is 0 Å². The molecule has 0 aromatic carbocycles. The lowest BCUT2D eigenvalue weighted by Gasteiger charge is -2.24. The van der Waals surface area contributed by atoms with Crippen LogP contribution in [0.4, 0.5) is 0 Å². The van der Waals surface area contributed by atoms with Gasteiger partial charge in [0.25, 0.3) is 0 Å². The Morgan fingerprint density at radius 1 is 1.50 bits per heavy atom. The third-order valence-electron chi connectivity index (χ3n) is 3.34. The van der Waals surface area contributed by atoms with E-state index in [1.807, 2.05) is 0 Å². The van der Waals surface area contributed by atoms with Gasteiger partial charge in [-0.1, -0.05) is 5.16 Å². The molecular formula is C11H21N5O2. The molecule has 1 saturated heterocycles. The summed E-state index contributed by atoms with van der Waals surface area (Å²) in [7, 11) is 4.15. The third-order valence-corrected chi connectivity index (χ3v) is 3.34. The Kier molecular flexibility index (Phi) is 4.28. The van der Waals surface area contributed by atoms with Gasteiger partial charge in [-0.05, 0) is 33.6 Å². The molecule has 1 aromatic heterocycles. The summed E-state index contributed by atoms with van der Waals surface area (Å²) in [5.74, 6) is 0.943. The van der Waals surface area contributed by atoms with Crippen LogP contribution in [0, 0.1) is 0 Å².